The van der Waals surface area contributed by atoms with Crippen molar-refractivity contribution < 1.29 is 9.59 Å². The smallest absolute Gasteiger partial charge is 0.230 e. The van der Waals surface area contributed by atoms with E-state index in [9.17, 15) is 9.59 Å². The van der Waals surface area contributed by atoms with Gasteiger partial charge >= 0.3 is 0 Å². The predicted molar refractivity (Wildman–Crippen MR) is 119 cm³/mol. The molecule has 2 N–H and O–H groups in total. The second-order valence-electron chi connectivity index (χ2n) is 6.58. The average Bonchev–Trinajstić information content (AvgIpc) is 3.19. The molecule has 2 amide bonds. The van der Waals surface area contributed by atoms with Crippen molar-refractivity contribution in [3.05, 3.63) is 65.4 Å². The van der Waals surface area contributed by atoms with E-state index in [-0.39, 0.29) is 23.6 Å². The van der Waals surface area contributed by atoms with Crippen LogP contribution in [0.5, 0.6) is 0 Å². The minimum Gasteiger partial charge on any atom is -0.349 e. The maximum Gasteiger partial charge on any atom is 0.230 e. The van der Waals surface area contributed by atoms with Crippen LogP contribution in [0.1, 0.15) is 31.9 Å². The lowest BCUT2D eigenvalue weighted by Gasteiger charge is -2.17. The molecule has 3 aromatic rings. The molecule has 9 heteroatoms. The molecule has 0 aliphatic heterocycles. The van der Waals surface area contributed by atoms with Gasteiger partial charge in [-0.05, 0) is 42.3 Å². The highest BCUT2D eigenvalue weighted by molar-refractivity contribution is 7.99. The molecule has 1 aromatic heterocycles. The van der Waals surface area contributed by atoms with Gasteiger partial charge in [-0.1, -0.05) is 48.5 Å². The van der Waals surface area contributed by atoms with Gasteiger partial charge in [0.1, 0.15) is 6.33 Å². The Kier molecular flexibility index (Phi) is 7.48. The van der Waals surface area contributed by atoms with Gasteiger partial charge < -0.3 is 10.6 Å². The summed E-state index contributed by atoms with van der Waals surface area (Å²) in [6, 6.07) is 14.7. The molecule has 7 nitrogen and oxygen atoms in total. The Bertz CT molecular complexity index is 1020. The molecule has 3 rings (SSSR count). The normalized spacial score (nSPS) is 11.7. The van der Waals surface area contributed by atoms with Gasteiger partial charge in [-0.3, -0.25) is 14.2 Å². The number of carbonyl (C=O) groups excluding carboxylic acids is 2. The summed E-state index contributed by atoms with van der Waals surface area (Å²) in [5, 5.41) is 15.1. The maximum absolute atomic E-state index is 12.5. The molecule has 0 fully saturated rings. The highest BCUT2D eigenvalue weighted by Crippen LogP contribution is 2.23. The summed E-state index contributed by atoms with van der Waals surface area (Å²) < 4.78 is 1.78. The van der Waals surface area contributed by atoms with Crippen molar-refractivity contribution in [3.8, 4) is 5.69 Å². The van der Waals surface area contributed by atoms with E-state index in [2.05, 4.69) is 20.8 Å². The van der Waals surface area contributed by atoms with Crippen molar-refractivity contribution in [2.24, 2.45) is 0 Å². The summed E-state index contributed by atoms with van der Waals surface area (Å²) in [4.78, 5) is 23.8. The number of benzene rings is 2. The first-order valence-electron chi connectivity index (χ1n) is 9.42. The first kappa shape index (κ1) is 21.9. The van der Waals surface area contributed by atoms with Gasteiger partial charge in [0, 0.05) is 17.6 Å². The zero-order chi connectivity index (χ0) is 21.5. The number of aromatic nitrogens is 3. The van der Waals surface area contributed by atoms with Crippen molar-refractivity contribution >= 4 is 40.9 Å². The van der Waals surface area contributed by atoms with E-state index in [1.54, 1.807) is 17.0 Å². The van der Waals surface area contributed by atoms with Crippen molar-refractivity contribution in [2.75, 3.05) is 11.1 Å². The lowest BCUT2D eigenvalue weighted by molar-refractivity contribution is -0.119. The zero-order valence-corrected chi connectivity index (χ0v) is 18.2. The van der Waals surface area contributed by atoms with Crippen molar-refractivity contribution in [3.63, 3.8) is 0 Å². The van der Waals surface area contributed by atoms with Gasteiger partial charge in [0.2, 0.25) is 11.8 Å². The number of nitrogens with one attached hydrogen (secondary N) is 2. The predicted octanol–water partition coefficient (Wildman–Crippen LogP) is 4.24. The van der Waals surface area contributed by atoms with E-state index in [1.807, 2.05) is 49.4 Å². The molecule has 30 heavy (non-hydrogen) atoms. The summed E-state index contributed by atoms with van der Waals surface area (Å²) in [5.41, 5.74) is 2.48. The Morgan fingerprint density at radius 2 is 1.97 bits per heavy atom. The van der Waals surface area contributed by atoms with Crippen molar-refractivity contribution in [1.29, 1.82) is 0 Å². The highest BCUT2D eigenvalue weighted by Gasteiger charge is 2.15. The largest absolute Gasteiger partial charge is 0.349 e. The van der Waals surface area contributed by atoms with Crippen LogP contribution in [0.2, 0.25) is 5.02 Å². The summed E-state index contributed by atoms with van der Waals surface area (Å²) in [6.45, 7) is 3.48. The van der Waals surface area contributed by atoms with Crippen LogP contribution in [0.15, 0.2) is 60.0 Å². The first-order valence-corrected chi connectivity index (χ1v) is 10.8. The minimum absolute atomic E-state index is 0.0810. The molecule has 0 saturated heterocycles. The van der Waals surface area contributed by atoms with Crippen LogP contribution >= 0.6 is 23.4 Å². The second kappa shape index (κ2) is 10.3. The van der Waals surface area contributed by atoms with Crippen LogP contribution in [-0.2, 0) is 9.59 Å². The number of halogens is 1. The molecule has 0 spiro atoms. The summed E-state index contributed by atoms with van der Waals surface area (Å²) in [6.07, 6.45) is 2.35. The van der Waals surface area contributed by atoms with E-state index in [0.717, 1.165) is 17.7 Å². The number of hydrogen-bond donors (Lipinski definition) is 2. The highest BCUT2D eigenvalue weighted by atomic mass is 35.5. The number of rotatable bonds is 8. The fourth-order valence-electron chi connectivity index (χ4n) is 2.92. The standard InChI is InChI=1S/C21H22ClN5O2S/c1-3-19(15-7-9-16(22)10-8-15)25-20(29)12-30-21-26-23-13-27(21)18-6-4-5-17(11-18)24-14(2)28/h4-11,13,19H,3,12H2,1-2H3,(H,24,28)(H,25,29). The Labute approximate surface area is 184 Å². The number of hydrogen-bond acceptors (Lipinski definition) is 5. The number of carbonyl (C=O) groups is 2. The van der Waals surface area contributed by atoms with Crippen LogP contribution in [0.3, 0.4) is 0 Å². The fraction of sp³-hybridized carbons (Fsp3) is 0.238. The quantitative estimate of drug-likeness (QED) is 0.508. The lowest BCUT2D eigenvalue weighted by atomic mass is 10.0. The van der Waals surface area contributed by atoms with Crippen molar-refractivity contribution in [1.82, 2.24) is 20.1 Å². The van der Waals surface area contributed by atoms with Gasteiger partial charge in [-0.2, -0.15) is 0 Å². The molecule has 0 aliphatic carbocycles. The molecule has 0 aliphatic rings. The number of thioether (sulfide) groups is 1. The van der Waals surface area contributed by atoms with E-state index in [1.165, 1.54) is 18.7 Å². The van der Waals surface area contributed by atoms with Gasteiger partial charge in [-0.15, -0.1) is 10.2 Å². The van der Waals surface area contributed by atoms with Crippen LogP contribution in [-0.4, -0.2) is 32.3 Å². The summed E-state index contributed by atoms with van der Waals surface area (Å²) >= 11 is 7.24. The second-order valence-corrected chi connectivity index (χ2v) is 7.96. The molecule has 1 heterocycles. The number of amides is 2. The topological polar surface area (TPSA) is 88.9 Å². The Balaban J connectivity index is 1.64. The van der Waals surface area contributed by atoms with Crippen LogP contribution in [0, 0.1) is 0 Å². The minimum atomic E-state index is -0.145. The first-order chi connectivity index (χ1) is 14.5. The molecular weight excluding hydrogens is 422 g/mol. The number of anilines is 1. The van der Waals surface area contributed by atoms with Gasteiger partial charge in [0.25, 0.3) is 0 Å². The monoisotopic (exact) mass is 443 g/mol. The molecule has 1 unspecified atom stereocenters. The van der Waals surface area contributed by atoms with Crippen LogP contribution in [0.25, 0.3) is 5.69 Å². The maximum atomic E-state index is 12.5. The zero-order valence-electron chi connectivity index (χ0n) is 16.6. The Morgan fingerprint density at radius 1 is 1.20 bits per heavy atom. The van der Waals surface area contributed by atoms with Crippen LogP contribution in [0.4, 0.5) is 5.69 Å². The molecule has 0 radical (unpaired) electrons. The van der Waals surface area contributed by atoms with E-state index < -0.39 is 0 Å². The van der Waals surface area contributed by atoms with Gasteiger partial charge in [-0.25, -0.2) is 0 Å². The SMILES string of the molecule is CCC(NC(=O)CSc1nncn1-c1cccc(NC(C)=O)c1)c1ccc(Cl)cc1. The van der Waals surface area contributed by atoms with E-state index in [0.29, 0.717) is 15.9 Å². The van der Waals surface area contributed by atoms with Crippen molar-refractivity contribution in [2.45, 2.75) is 31.5 Å². The molecule has 2 aromatic carbocycles. The molecule has 156 valence electrons. The lowest BCUT2D eigenvalue weighted by Crippen LogP contribution is -2.29. The van der Waals surface area contributed by atoms with Crippen LogP contribution < -0.4 is 10.6 Å². The average molecular weight is 444 g/mol. The Morgan fingerprint density at radius 3 is 2.67 bits per heavy atom. The van der Waals surface area contributed by atoms with Gasteiger partial charge in [0.15, 0.2) is 5.16 Å². The van der Waals surface area contributed by atoms with E-state index >= 15 is 0 Å². The molecule has 1 atom stereocenters. The summed E-state index contributed by atoms with van der Waals surface area (Å²) in [7, 11) is 0. The van der Waals surface area contributed by atoms with Gasteiger partial charge in [0.05, 0.1) is 17.5 Å². The molecule has 0 bridgehead atoms. The third-order valence-electron chi connectivity index (χ3n) is 4.31. The fourth-order valence-corrected chi connectivity index (χ4v) is 3.79. The molecular formula is C21H22ClN5O2S. The molecule has 0 saturated carbocycles. The third kappa shape index (κ3) is 5.84. The number of nitrogens with zero attached hydrogens (tertiary/aromatic N) is 3. The summed E-state index contributed by atoms with van der Waals surface area (Å²) in [5.74, 6) is -0.0366. The Hall–Kier alpha value is -2.84. The third-order valence-corrected chi connectivity index (χ3v) is 5.50. The van der Waals surface area contributed by atoms with E-state index in [4.69, 9.17) is 11.6 Å².